The largest absolute Gasteiger partial charge is 0.396 e. The van der Waals surface area contributed by atoms with Crippen LogP contribution in [0.3, 0.4) is 0 Å². The topological polar surface area (TPSA) is 60.7 Å². The van der Waals surface area contributed by atoms with Gasteiger partial charge in [-0.1, -0.05) is 6.42 Å². The molecule has 69 valence electrons. The molecule has 1 fully saturated rings. The van der Waals surface area contributed by atoms with Crippen LogP contribution in [0.4, 0.5) is 0 Å². The van der Waals surface area contributed by atoms with Gasteiger partial charge >= 0.3 is 0 Å². The fourth-order valence-electron chi connectivity index (χ4n) is 1.68. The van der Waals surface area contributed by atoms with Crippen LogP contribution in [0.2, 0.25) is 0 Å². The fourth-order valence-corrected chi connectivity index (χ4v) is 1.68. The molecule has 0 heterocycles. The number of hydrogen-bond donors (Lipinski definition) is 3. The zero-order chi connectivity index (χ0) is 8.43. The van der Waals surface area contributed by atoms with Gasteiger partial charge < -0.3 is 21.7 Å². The van der Waals surface area contributed by atoms with Crippen molar-refractivity contribution in [3.63, 3.8) is 0 Å². The molecule has 3 N–H and O–H groups in total. The Bertz CT molecular complexity index is 113. The Kier molecular flexibility index (Phi) is 6.12. The zero-order valence-corrected chi connectivity index (χ0v) is 10.1. The molecule has 0 unspecified atom stereocenters. The quantitative estimate of drug-likeness (QED) is 0.580. The maximum atomic E-state index is 9.37. The van der Waals surface area contributed by atoms with E-state index in [1.807, 2.05) is 13.3 Å². The van der Waals surface area contributed by atoms with E-state index in [1.54, 1.807) is 0 Å². The summed E-state index contributed by atoms with van der Waals surface area (Å²) in [5.74, 6) is -0.103. The minimum atomic E-state index is -0.749. The summed E-state index contributed by atoms with van der Waals surface area (Å²) in [6.07, 6.45) is 1.14. The first-order chi connectivity index (χ1) is 5.20. The monoisotopic (exact) mass is 248 g/mol. The summed E-state index contributed by atoms with van der Waals surface area (Å²) in [5, 5.41) is 27.5. The van der Waals surface area contributed by atoms with Gasteiger partial charge in [0.15, 0.2) is 0 Å². The van der Waals surface area contributed by atoms with Crippen molar-refractivity contribution in [2.75, 3.05) is 6.61 Å². The van der Waals surface area contributed by atoms with Crippen LogP contribution in [-0.4, -0.2) is 34.1 Å². The molecule has 1 radical (unpaired) electrons. The Morgan fingerprint density at radius 2 is 1.92 bits per heavy atom. The molecule has 0 bridgehead atoms. The van der Waals surface area contributed by atoms with Gasteiger partial charge in [0.25, 0.3) is 0 Å². The van der Waals surface area contributed by atoms with Crippen LogP contribution in [0.15, 0.2) is 0 Å². The third kappa shape index (κ3) is 2.49. The first-order valence-corrected chi connectivity index (χ1v) is 3.97. The first kappa shape index (κ1) is 13.0. The summed E-state index contributed by atoms with van der Waals surface area (Å²) < 4.78 is 0. The van der Waals surface area contributed by atoms with Gasteiger partial charge in [0, 0.05) is 45.2 Å². The summed E-state index contributed by atoms with van der Waals surface area (Å²) >= 11 is 0. The van der Waals surface area contributed by atoms with Crippen molar-refractivity contribution in [2.24, 2.45) is 11.8 Å². The van der Waals surface area contributed by atoms with E-state index in [0.717, 1.165) is 0 Å². The molecule has 0 saturated heterocycles. The summed E-state index contributed by atoms with van der Waals surface area (Å²) in [6.45, 7) is 1.82. The van der Waals surface area contributed by atoms with E-state index < -0.39 is 12.2 Å². The molecule has 4 atom stereocenters. The van der Waals surface area contributed by atoms with Gasteiger partial charge in [-0.25, -0.2) is 0 Å². The van der Waals surface area contributed by atoms with Crippen LogP contribution in [-0.2, 0) is 32.7 Å². The van der Waals surface area contributed by atoms with Crippen LogP contribution < -0.4 is 0 Å². The fraction of sp³-hybridized carbons (Fsp3) is 0.875. The molecule has 1 aliphatic carbocycles. The third-order valence-corrected chi connectivity index (χ3v) is 2.51. The van der Waals surface area contributed by atoms with E-state index in [0.29, 0.717) is 6.42 Å². The molecule has 12 heavy (non-hydrogen) atoms. The average molecular weight is 248 g/mol. The molecule has 0 amide bonds. The molecular weight excluding hydrogens is 233 g/mol. The Labute approximate surface area is 98.1 Å². The van der Waals surface area contributed by atoms with E-state index in [2.05, 4.69) is 0 Å². The maximum Gasteiger partial charge on any atom is 0.0825 e. The molecule has 4 heteroatoms. The molecule has 0 aromatic rings. The van der Waals surface area contributed by atoms with E-state index >= 15 is 0 Å². The van der Waals surface area contributed by atoms with Crippen molar-refractivity contribution in [3.8, 4) is 0 Å². The van der Waals surface area contributed by atoms with Gasteiger partial charge in [0.1, 0.15) is 0 Å². The predicted molar refractivity (Wildman–Crippen MR) is 40.7 cm³/mol. The molecule has 0 aromatic carbocycles. The average Bonchev–Trinajstić information content (AvgIpc) is 2.30. The number of aliphatic hydroxyl groups excluding tert-OH is 3. The molecule has 3 nitrogen and oxygen atoms in total. The second-order valence-electron chi connectivity index (χ2n) is 3.16. The number of hydrogen-bond acceptors (Lipinski definition) is 3. The third-order valence-electron chi connectivity index (χ3n) is 2.51. The number of rotatable bonds is 2. The van der Waals surface area contributed by atoms with Gasteiger partial charge in [-0.15, -0.1) is 5.92 Å². The van der Waals surface area contributed by atoms with Crippen LogP contribution in [0.1, 0.15) is 13.3 Å². The van der Waals surface area contributed by atoms with Gasteiger partial charge in [0.2, 0.25) is 0 Å². The standard InChI is InChI=1S/C8H15O3.Y/c1-2-5-3-6(4-9)8(11)7(5)10;/h2,5-11H,3-4H2,1H3;/q-1;/t5-,6+,7+,8-;/m0./s1. The van der Waals surface area contributed by atoms with Crippen molar-refractivity contribution in [3.05, 3.63) is 6.42 Å². The van der Waals surface area contributed by atoms with E-state index in [-0.39, 0.29) is 51.2 Å². The van der Waals surface area contributed by atoms with Crippen LogP contribution >= 0.6 is 0 Å². The van der Waals surface area contributed by atoms with Crippen molar-refractivity contribution < 1.29 is 48.0 Å². The minimum Gasteiger partial charge on any atom is -0.396 e. The summed E-state index contributed by atoms with van der Waals surface area (Å²) in [7, 11) is 0. The second kappa shape index (κ2) is 5.66. The van der Waals surface area contributed by atoms with Crippen LogP contribution in [0.5, 0.6) is 0 Å². The van der Waals surface area contributed by atoms with Gasteiger partial charge in [-0.3, -0.25) is 0 Å². The SMILES string of the molecule is C[CH-][C@H]1C[C@H](CO)[C@H](O)[C@@H]1O.[Y]. The van der Waals surface area contributed by atoms with Gasteiger partial charge in [-0.05, 0) is 0 Å². The van der Waals surface area contributed by atoms with E-state index in [4.69, 9.17) is 5.11 Å². The molecule has 0 spiro atoms. The van der Waals surface area contributed by atoms with Crippen LogP contribution in [0, 0.1) is 18.3 Å². The smallest absolute Gasteiger partial charge is 0.0825 e. The van der Waals surface area contributed by atoms with Crippen molar-refractivity contribution in [1.82, 2.24) is 0 Å². The van der Waals surface area contributed by atoms with Gasteiger partial charge in [0.05, 0.1) is 12.2 Å². The predicted octanol–water partition coefficient (Wildman–Crippen LogP) is -0.442. The van der Waals surface area contributed by atoms with E-state index in [1.165, 1.54) is 0 Å². The Hall–Kier alpha value is 0.984. The summed E-state index contributed by atoms with van der Waals surface area (Å²) in [4.78, 5) is 0. The molecule has 1 rings (SSSR count). The van der Waals surface area contributed by atoms with E-state index in [9.17, 15) is 10.2 Å². The molecule has 1 saturated carbocycles. The molecule has 0 aromatic heterocycles. The van der Waals surface area contributed by atoms with Crippen LogP contribution in [0.25, 0.3) is 0 Å². The molecule has 1 aliphatic rings. The van der Waals surface area contributed by atoms with Gasteiger partial charge in [-0.2, -0.15) is 6.92 Å². The van der Waals surface area contributed by atoms with Crippen molar-refractivity contribution >= 4 is 0 Å². The van der Waals surface area contributed by atoms with Crippen molar-refractivity contribution in [1.29, 1.82) is 0 Å². The normalized spacial score (nSPS) is 41.0. The summed E-state index contributed by atoms with van der Waals surface area (Å²) in [6, 6.07) is 0. The zero-order valence-electron chi connectivity index (χ0n) is 7.22. The Balaban J connectivity index is 0.00000121. The second-order valence-corrected chi connectivity index (χ2v) is 3.16. The first-order valence-electron chi connectivity index (χ1n) is 3.97. The molecular formula is C8H15O3Y-. The minimum absolute atomic E-state index is 0. The van der Waals surface area contributed by atoms with Crippen molar-refractivity contribution in [2.45, 2.75) is 25.6 Å². The number of aliphatic hydroxyl groups is 3. The maximum absolute atomic E-state index is 9.37. The Morgan fingerprint density at radius 1 is 1.33 bits per heavy atom. The molecule has 0 aliphatic heterocycles. The Morgan fingerprint density at radius 3 is 2.17 bits per heavy atom. The summed E-state index contributed by atoms with van der Waals surface area (Å²) in [5.41, 5.74) is 0.